The molecule has 106 valence electrons. The van der Waals surface area contributed by atoms with E-state index in [1.807, 2.05) is 0 Å². The first-order valence-corrected chi connectivity index (χ1v) is 8.00. The van der Waals surface area contributed by atoms with Gasteiger partial charge >= 0.3 is 0 Å². The Labute approximate surface area is 117 Å². The third-order valence-electron chi connectivity index (χ3n) is 5.44. The zero-order valence-corrected chi connectivity index (χ0v) is 12.6. The number of hydrogen-bond acceptors (Lipinski definition) is 1. The zero-order valence-electron chi connectivity index (χ0n) is 12.6. The van der Waals surface area contributed by atoms with E-state index in [0.717, 1.165) is 17.8 Å². The van der Waals surface area contributed by atoms with Gasteiger partial charge in [-0.05, 0) is 61.6 Å². The molecule has 4 unspecified atom stereocenters. The van der Waals surface area contributed by atoms with E-state index in [1.165, 1.54) is 37.8 Å². The summed E-state index contributed by atoms with van der Waals surface area (Å²) >= 11 is 0. The second kappa shape index (κ2) is 5.32. The molecule has 0 spiro atoms. The quantitative estimate of drug-likeness (QED) is 0.851. The average Bonchev–Trinajstić information content (AvgIpc) is 3.06. The molecule has 2 heteroatoms. The van der Waals surface area contributed by atoms with Crippen LogP contribution in [0.2, 0.25) is 0 Å². The molecule has 1 aromatic rings. The van der Waals surface area contributed by atoms with Gasteiger partial charge in [-0.1, -0.05) is 20.3 Å². The molecule has 3 rings (SSSR count). The molecule has 2 aliphatic carbocycles. The van der Waals surface area contributed by atoms with Gasteiger partial charge in [0.1, 0.15) is 0 Å². The van der Waals surface area contributed by atoms with Gasteiger partial charge in [-0.3, -0.25) is 0 Å². The first kappa shape index (κ1) is 13.2. The predicted octanol–water partition coefficient (Wildman–Crippen LogP) is 3.84. The normalized spacial score (nSPS) is 31.3. The number of rotatable bonds is 5. The van der Waals surface area contributed by atoms with Crippen LogP contribution in [0.15, 0.2) is 18.5 Å². The molecule has 0 saturated heterocycles. The minimum Gasteiger partial charge on any atom is -0.354 e. The maximum atomic E-state index is 3.44. The molecule has 2 nitrogen and oxygen atoms in total. The lowest BCUT2D eigenvalue weighted by Gasteiger charge is -2.22. The Balaban J connectivity index is 1.65. The van der Waals surface area contributed by atoms with E-state index >= 15 is 0 Å². The topological polar surface area (TPSA) is 17.0 Å². The molecule has 2 fully saturated rings. The smallest absolute Gasteiger partial charge is 0.0355 e. The van der Waals surface area contributed by atoms with Gasteiger partial charge in [-0.25, -0.2) is 0 Å². The van der Waals surface area contributed by atoms with Gasteiger partial charge in [0.05, 0.1) is 0 Å². The monoisotopic (exact) mass is 260 g/mol. The summed E-state index contributed by atoms with van der Waals surface area (Å²) in [5, 5.41) is 3.44. The van der Waals surface area contributed by atoms with Crippen LogP contribution in [0.5, 0.6) is 0 Å². The number of nitrogens with one attached hydrogen (secondary N) is 1. The number of aromatic nitrogens is 1. The van der Waals surface area contributed by atoms with E-state index in [9.17, 15) is 0 Å². The third-order valence-corrected chi connectivity index (χ3v) is 5.44. The van der Waals surface area contributed by atoms with Gasteiger partial charge in [0.25, 0.3) is 0 Å². The molecule has 19 heavy (non-hydrogen) atoms. The van der Waals surface area contributed by atoms with E-state index in [-0.39, 0.29) is 0 Å². The van der Waals surface area contributed by atoms with Crippen LogP contribution in [0, 0.1) is 23.7 Å². The lowest BCUT2D eigenvalue weighted by atomic mass is 9.89. The van der Waals surface area contributed by atoms with Crippen molar-refractivity contribution in [1.29, 1.82) is 0 Å². The standard InChI is InChI=1S/C17H28N2/c1-12(2)17(18-3)15-6-7-19(10-15)11-16-9-13-4-5-14(16)8-13/h6-7,10,12-14,16-18H,4-5,8-9,11H2,1-3H3. The molecule has 0 aromatic carbocycles. The Bertz CT molecular complexity index is 421. The molecule has 0 amide bonds. The van der Waals surface area contributed by atoms with Crippen molar-refractivity contribution in [2.45, 2.75) is 52.1 Å². The summed E-state index contributed by atoms with van der Waals surface area (Å²) in [6.07, 6.45) is 10.7. The molecular weight excluding hydrogens is 232 g/mol. The average molecular weight is 260 g/mol. The summed E-state index contributed by atoms with van der Waals surface area (Å²) in [5.74, 6) is 3.68. The van der Waals surface area contributed by atoms with Crippen molar-refractivity contribution in [3.63, 3.8) is 0 Å². The van der Waals surface area contributed by atoms with Gasteiger partial charge in [-0.15, -0.1) is 0 Å². The van der Waals surface area contributed by atoms with Gasteiger partial charge in [-0.2, -0.15) is 0 Å². The van der Waals surface area contributed by atoms with Crippen molar-refractivity contribution in [3.05, 3.63) is 24.0 Å². The predicted molar refractivity (Wildman–Crippen MR) is 80.0 cm³/mol. The van der Waals surface area contributed by atoms with E-state index in [2.05, 4.69) is 49.2 Å². The van der Waals surface area contributed by atoms with Crippen molar-refractivity contribution in [3.8, 4) is 0 Å². The van der Waals surface area contributed by atoms with Crippen molar-refractivity contribution < 1.29 is 0 Å². The molecular formula is C17H28N2. The summed E-state index contributed by atoms with van der Waals surface area (Å²) < 4.78 is 2.44. The molecule has 0 aliphatic heterocycles. The largest absolute Gasteiger partial charge is 0.354 e. The van der Waals surface area contributed by atoms with Gasteiger partial charge < -0.3 is 9.88 Å². The van der Waals surface area contributed by atoms with Crippen LogP contribution in [0.1, 0.15) is 51.1 Å². The first-order chi connectivity index (χ1) is 9.17. The SMILES string of the molecule is CNC(c1ccn(CC2CC3CCC2C3)c1)C(C)C. The molecule has 1 aromatic heterocycles. The van der Waals surface area contributed by atoms with E-state index < -0.39 is 0 Å². The van der Waals surface area contributed by atoms with Crippen LogP contribution in [-0.2, 0) is 6.54 Å². The van der Waals surface area contributed by atoms with E-state index in [0.29, 0.717) is 12.0 Å². The second-order valence-corrected chi connectivity index (χ2v) is 7.09. The molecule has 2 aliphatic rings. The Morgan fingerprint density at radius 2 is 2.16 bits per heavy atom. The molecule has 1 heterocycles. The van der Waals surface area contributed by atoms with Crippen molar-refractivity contribution in [2.24, 2.45) is 23.7 Å². The second-order valence-electron chi connectivity index (χ2n) is 7.09. The van der Waals surface area contributed by atoms with Crippen LogP contribution >= 0.6 is 0 Å². The minimum absolute atomic E-state index is 0.487. The molecule has 2 bridgehead atoms. The third kappa shape index (κ3) is 2.60. The summed E-state index contributed by atoms with van der Waals surface area (Å²) in [4.78, 5) is 0. The maximum Gasteiger partial charge on any atom is 0.0355 e. The highest BCUT2D eigenvalue weighted by atomic mass is 15.0. The lowest BCUT2D eigenvalue weighted by Crippen LogP contribution is -2.21. The van der Waals surface area contributed by atoms with Gasteiger partial charge in [0.15, 0.2) is 0 Å². The summed E-state index contributed by atoms with van der Waals surface area (Å²) in [6, 6.07) is 2.79. The highest BCUT2D eigenvalue weighted by Gasteiger charge is 2.39. The summed E-state index contributed by atoms with van der Waals surface area (Å²) in [6.45, 7) is 5.82. The Morgan fingerprint density at radius 3 is 2.74 bits per heavy atom. The Morgan fingerprint density at radius 1 is 1.32 bits per heavy atom. The maximum absolute atomic E-state index is 3.44. The fourth-order valence-corrected chi connectivity index (χ4v) is 4.51. The van der Waals surface area contributed by atoms with Gasteiger partial charge in [0.2, 0.25) is 0 Å². The molecule has 4 atom stereocenters. The van der Waals surface area contributed by atoms with Gasteiger partial charge in [0, 0.05) is 25.0 Å². The highest BCUT2D eigenvalue weighted by Crippen LogP contribution is 2.48. The number of hydrogen-bond donors (Lipinski definition) is 1. The molecule has 1 N–H and O–H groups in total. The van der Waals surface area contributed by atoms with Crippen molar-refractivity contribution >= 4 is 0 Å². The van der Waals surface area contributed by atoms with Crippen LogP contribution in [0.25, 0.3) is 0 Å². The summed E-state index contributed by atoms with van der Waals surface area (Å²) in [7, 11) is 2.07. The highest BCUT2D eigenvalue weighted by molar-refractivity contribution is 5.16. The first-order valence-electron chi connectivity index (χ1n) is 8.00. The summed E-state index contributed by atoms with van der Waals surface area (Å²) in [5.41, 5.74) is 1.45. The van der Waals surface area contributed by atoms with Crippen molar-refractivity contribution in [2.75, 3.05) is 7.05 Å². The molecule has 2 saturated carbocycles. The van der Waals surface area contributed by atoms with E-state index in [4.69, 9.17) is 0 Å². The zero-order chi connectivity index (χ0) is 13.4. The van der Waals surface area contributed by atoms with Crippen LogP contribution < -0.4 is 5.32 Å². The fraction of sp³-hybridized carbons (Fsp3) is 0.765. The van der Waals surface area contributed by atoms with Crippen LogP contribution in [0.4, 0.5) is 0 Å². The number of nitrogens with zero attached hydrogens (tertiary/aromatic N) is 1. The Kier molecular flexibility index (Phi) is 3.70. The Hall–Kier alpha value is -0.760. The fourth-order valence-electron chi connectivity index (χ4n) is 4.51. The number of fused-ring (bicyclic) bond motifs is 2. The van der Waals surface area contributed by atoms with Crippen LogP contribution in [-0.4, -0.2) is 11.6 Å². The van der Waals surface area contributed by atoms with Crippen LogP contribution in [0.3, 0.4) is 0 Å². The van der Waals surface area contributed by atoms with Crippen molar-refractivity contribution in [1.82, 2.24) is 9.88 Å². The molecule has 0 radical (unpaired) electrons. The lowest BCUT2D eigenvalue weighted by molar-refractivity contribution is 0.295. The minimum atomic E-state index is 0.487. The van der Waals surface area contributed by atoms with E-state index in [1.54, 1.807) is 0 Å².